The molecule has 1 aromatic heterocycles. The van der Waals surface area contributed by atoms with Gasteiger partial charge in [-0.25, -0.2) is 13.2 Å². The fraction of sp³-hybridized carbons (Fsp3) is 0.312. The van der Waals surface area contributed by atoms with E-state index in [1.807, 2.05) is 0 Å². The highest BCUT2D eigenvalue weighted by atomic mass is 19.2. The van der Waals surface area contributed by atoms with Gasteiger partial charge in [-0.3, -0.25) is 9.59 Å². The van der Waals surface area contributed by atoms with Crippen LogP contribution in [0.5, 0.6) is 0 Å². The van der Waals surface area contributed by atoms with Crippen molar-refractivity contribution in [3.63, 3.8) is 0 Å². The lowest BCUT2D eigenvalue weighted by molar-refractivity contribution is -0.124. The normalized spacial score (nSPS) is 10.6. The van der Waals surface area contributed by atoms with E-state index in [0.717, 1.165) is 11.6 Å². The Morgan fingerprint density at radius 1 is 1.12 bits per heavy atom. The summed E-state index contributed by atoms with van der Waals surface area (Å²) in [6.07, 6.45) is 0.502. The monoisotopic (exact) mass is 355 g/mol. The summed E-state index contributed by atoms with van der Waals surface area (Å²) in [5.74, 6) is -5.09. The molecule has 2 N–H and O–H groups in total. The molecular formula is C16H16F3N3O3. The predicted octanol–water partition coefficient (Wildman–Crippen LogP) is 2.40. The van der Waals surface area contributed by atoms with Crippen molar-refractivity contribution < 1.29 is 27.3 Å². The molecule has 0 fully saturated rings. The molecule has 0 aliphatic carbocycles. The van der Waals surface area contributed by atoms with Gasteiger partial charge < -0.3 is 15.2 Å². The maximum absolute atomic E-state index is 13.4. The van der Waals surface area contributed by atoms with Crippen LogP contribution in [-0.4, -0.2) is 23.5 Å². The molecule has 2 aromatic rings. The third-order valence-electron chi connectivity index (χ3n) is 3.54. The Balaban J connectivity index is 1.82. The summed E-state index contributed by atoms with van der Waals surface area (Å²) in [6, 6.07) is 1.58. The minimum Gasteiger partial charge on any atom is -0.361 e. The number of rotatable bonds is 6. The molecule has 1 aromatic carbocycles. The van der Waals surface area contributed by atoms with Crippen LogP contribution < -0.4 is 10.6 Å². The third-order valence-corrected chi connectivity index (χ3v) is 3.54. The molecule has 0 aliphatic rings. The Morgan fingerprint density at radius 2 is 1.84 bits per heavy atom. The van der Waals surface area contributed by atoms with Crippen molar-refractivity contribution in [1.29, 1.82) is 0 Å². The number of aryl methyl sites for hydroxylation is 2. The van der Waals surface area contributed by atoms with Crippen LogP contribution in [0.3, 0.4) is 0 Å². The van der Waals surface area contributed by atoms with Crippen LogP contribution in [0.2, 0.25) is 0 Å². The topological polar surface area (TPSA) is 84.2 Å². The lowest BCUT2D eigenvalue weighted by atomic mass is 10.1. The van der Waals surface area contributed by atoms with Crippen molar-refractivity contribution in [2.75, 3.05) is 11.9 Å². The van der Waals surface area contributed by atoms with Crippen molar-refractivity contribution in [2.24, 2.45) is 0 Å². The average molecular weight is 355 g/mol. The van der Waals surface area contributed by atoms with E-state index in [2.05, 4.69) is 15.8 Å². The average Bonchev–Trinajstić information content (AvgIpc) is 2.90. The van der Waals surface area contributed by atoms with Crippen molar-refractivity contribution in [3.8, 4) is 0 Å². The highest BCUT2D eigenvalue weighted by Gasteiger charge is 2.16. The lowest BCUT2D eigenvalue weighted by Crippen LogP contribution is -2.33. The van der Waals surface area contributed by atoms with Crippen molar-refractivity contribution in [3.05, 3.63) is 46.6 Å². The number of hydrogen-bond acceptors (Lipinski definition) is 4. The molecule has 6 nitrogen and oxygen atoms in total. The Hall–Kier alpha value is -2.84. The molecule has 134 valence electrons. The second-order valence-electron chi connectivity index (χ2n) is 5.35. The Bertz CT molecular complexity index is 786. The van der Waals surface area contributed by atoms with Gasteiger partial charge in [0, 0.05) is 12.0 Å². The van der Waals surface area contributed by atoms with Gasteiger partial charge >= 0.3 is 0 Å². The Kier molecular flexibility index (Phi) is 5.79. The predicted molar refractivity (Wildman–Crippen MR) is 82.3 cm³/mol. The molecule has 0 atom stereocenters. The van der Waals surface area contributed by atoms with Crippen molar-refractivity contribution in [2.45, 2.75) is 26.7 Å². The summed E-state index contributed by atoms with van der Waals surface area (Å²) in [4.78, 5) is 23.4. The van der Waals surface area contributed by atoms with E-state index in [4.69, 9.17) is 4.52 Å². The van der Waals surface area contributed by atoms with Crippen LogP contribution in [0.4, 0.5) is 18.9 Å². The van der Waals surface area contributed by atoms with Gasteiger partial charge in [0.1, 0.15) is 5.76 Å². The summed E-state index contributed by atoms with van der Waals surface area (Å²) >= 11 is 0. The largest absolute Gasteiger partial charge is 0.361 e. The van der Waals surface area contributed by atoms with Crippen LogP contribution in [0.25, 0.3) is 0 Å². The van der Waals surface area contributed by atoms with Gasteiger partial charge in [0.05, 0.1) is 17.9 Å². The number of aromatic nitrogens is 1. The van der Waals surface area contributed by atoms with Gasteiger partial charge in [0.2, 0.25) is 11.8 Å². The first-order valence-corrected chi connectivity index (χ1v) is 7.41. The molecule has 0 saturated heterocycles. The molecule has 1 heterocycles. The summed E-state index contributed by atoms with van der Waals surface area (Å²) in [6.45, 7) is 3.06. The Morgan fingerprint density at radius 3 is 2.48 bits per heavy atom. The molecule has 0 spiro atoms. The molecule has 0 radical (unpaired) electrons. The number of anilines is 1. The highest BCUT2D eigenvalue weighted by molar-refractivity contribution is 5.94. The highest BCUT2D eigenvalue weighted by Crippen LogP contribution is 2.19. The zero-order valence-electron chi connectivity index (χ0n) is 13.6. The SMILES string of the molecule is Cc1noc(C)c1CCC(=O)NCC(=O)Nc1ccc(F)c(F)c1F. The fourth-order valence-corrected chi connectivity index (χ4v) is 2.18. The molecule has 9 heteroatoms. The van der Waals surface area contributed by atoms with E-state index in [1.54, 1.807) is 13.8 Å². The summed E-state index contributed by atoms with van der Waals surface area (Å²) in [5.41, 5.74) is 1.01. The minimum absolute atomic E-state index is 0.107. The van der Waals surface area contributed by atoms with Crippen LogP contribution >= 0.6 is 0 Å². The van der Waals surface area contributed by atoms with Gasteiger partial charge in [-0.2, -0.15) is 0 Å². The van der Waals surface area contributed by atoms with Gasteiger partial charge in [-0.15, -0.1) is 0 Å². The number of amides is 2. The molecular weight excluding hydrogens is 339 g/mol. The molecule has 0 saturated carbocycles. The maximum atomic E-state index is 13.4. The van der Waals surface area contributed by atoms with Crippen LogP contribution in [0, 0.1) is 31.3 Å². The van der Waals surface area contributed by atoms with Crippen molar-refractivity contribution >= 4 is 17.5 Å². The first kappa shape index (κ1) is 18.5. The van der Waals surface area contributed by atoms with Crippen LogP contribution in [0.15, 0.2) is 16.7 Å². The smallest absolute Gasteiger partial charge is 0.243 e. The molecule has 0 bridgehead atoms. The van der Waals surface area contributed by atoms with Crippen LogP contribution in [0.1, 0.15) is 23.4 Å². The van der Waals surface area contributed by atoms with Crippen LogP contribution in [-0.2, 0) is 16.0 Å². The fourth-order valence-electron chi connectivity index (χ4n) is 2.18. The number of carbonyl (C=O) groups excluding carboxylic acids is 2. The lowest BCUT2D eigenvalue weighted by Gasteiger charge is -2.08. The van der Waals surface area contributed by atoms with E-state index < -0.39 is 41.5 Å². The molecule has 2 rings (SSSR count). The first-order chi connectivity index (χ1) is 11.8. The summed E-state index contributed by atoms with van der Waals surface area (Å²) in [7, 11) is 0. The third kappa shape index (κ3) is 4.59. The van der Waals surface area contributed by atoms with E-state index in [0.29, 0.717) is 23.9 Å². The number of nitrogens with one attached hydrogen (secondary N) is 2. The zero-order chi connectivity index (χ0) is 18.6. The molecule has 0 aliphatic heterocycles. The van der Waals surface area contributed by atoms with Gasteiger partial charge in [0.25, 0.3) is 0 Å². The van der Waals surface area contributed by atoms with Gasteiger partial charge in [-0.05, 0) is 32.4 Å². The quantitative estimate of drug-likeness (QED) is 0.780. The van der Waals surface area contributed by atoms with E-state index >= 15 is 0 Å². The first-order valence-electron chi connectivity index (χ1n) is 7.41. The number of benzene rings is 1. The van der Waals surface area contributed by atoms with Gasteiger partial charge in [-0.1, -0.05) is 5.16 Å². The second kappa shape index (κ2) is 7.82. The van der Waals surface area contributed by atoms with Gasteiger partial charge in [0.15, 0.2) is 17.5 Å². The minimum atomic E-state index is -1.68. The number of carbonyl (C=O) groups is 2. The Labute approximate surface area is 141 Å². The summed E-state index contributed by atoms with van der Waals surface area (Å²) in [5, 5.41) is 8.19. The zero-order valence-corrected chi connectivity index (χ0v) is 13.6. The molecule has 25 heavy (non-hydrogen) atoms. The van der Waals surface area contributed by atoms with E-state index in [-0.39, 0.29) is 6.42 Å². The molecule has 0 unspecified atom stereocenters. The van der Waals surface area contributed by atoms with Crippen molar-refractivity contribution in [1.82, 2.24) is 10.5 Å². The standard InChI is InChI=1S/C16H16F3N3O3/c1-8-10(9(2)25-22-8)3-6-13(23)20-7-14(24)21-12-5-4-11(17)15(18)16(12)19/h4-5H,3,6-7H2,1-2H3,(H,20,23)(H,21,24). The number of halogens is 3. The summed E-state index contributed by atoms with van der Waals surface area (Å²) < 4.78 is 44.3. The van der Waals surface area contributed by atoms with E-state index in [1.165, 1.54) is 0 Å². The number of nitrogens with zero attached hydrogens (tertiary/aromatic N) is 1. The van der Waals surface area contributed by atoms with E-state index in [9.17, 15) is 22.8 Å². The second-order valence-corrected chi connectivity index (χ2v) is 5.35. The maximum Gasteiger partial charge on any atom is 0.243 e. The number of hydrogen-bond donors (Lipinski definition) is 2. The molecule has 2 amide bonds.